The van der Waals surface area contributed by atoms with Crippen LogP contribution in [0.2, 0.25) is 0 Å². The second kappa shape index (κ2) is 12.9. The van der Waals surface area contributed by atoms with E-state index in [9.17, 15) is 4.39 Å². The van der Waals surface area contributed by atoms with Gasteiger partial charge in [0.1, 0.15) is 18.2 Å². The third-order valence-corrected chi connectivity index (χ3v) is 4.84. The van der Waals surface area contributed by atoms with Crippen LogP contribution in [0.3, 0.4) is 0 Å². The van der Waals surface area contributed by atoms with Crippen LogP contribution in [0.25, 0.3) is 0 Å². The average molecular weight is 430 g/mol. The van der Waals surface area contributed by atoms with Crippen molar-refractivity contribution in [3.8, 4) is 5.75 Å². The fourth-order valence-electron chi connectivity index (χ4n) is 3.17. The molecule has 0 saturated carbocycles. The fraction of sp³-hybridized carbons (Fsp3) is 0.458. The Morgan fingerprint density at radius 3 is 2.77 bits per heavy atom. The third kappa shape index (κ3) is 8.55. The zero-order chi connectivity index (χ0) is 21.7. The van der Waals surface area contributed by atoms with Crippen molar-refractivity contribution in [2.75, 3.05) is 32.9 Å². The van der Waals surface area contributed by atoms with Crippen molar-refractivity contribution in [1.29, 1.82) is 0 Å². The largest absolute Gasteiger partial charge is 0.489 e. The second-order valence-electron chi connectivity index (χ2n) is 7.39. The average Bonchev–Trinajstić information content (AvgIpc) is 3.30. The minimum atomic E-state index is -0.254. The van der Waals surface area contributed by atoms with E-state index in [2.05, 4.69) is 15.6 Å². The van der Waals surface area contributed by atoms with E-state index in [1.165, 1.54) is 12.1 Å². The normalized spacial score (nSPS) is 16.3. The molecule has 7 heteroatoms. The van der Waals surface area contributed by atoms with Crippen LogP contribution >= 0.6 is 0 Å². The topological polar surface area (TPSA) is 64.1 Å². The highest BCUT2D eigenvalue weighted by Crippen LogP contribution is 2.15. The van der Waals surface area contributed by atoms with E-state index in [0.29, 0.717) is 19.8 Å². The van der Waals surface area contributed by atoms with Crippen LogP contribution in [-0.2, 0) is 22.6 Å². The first kappa shape index (κ1) is 23.0. The van der Waals surface area contributed by atoms with Crippen LogP contribution in [0.4, 0.5) is 4.39 Å². The summed E-state index contributed by atoms with van der Waals surface area (Å²) < 4.78 is 30.1. The number of benzene rings is 2. The van der Waals surface area contributed by atoms with Gasteiger partial charge in [0.25, 0.3) is 0 Å². The molecule has 1 heterocycles. The van der Waals surface area contributed by atoms with Gasteiger partial charge in [-0.2, -0.15) is 0 Å². The Kier molecular flexibility index (Phi) is 9.60. The Bertz CT molecular complexity index is 808. The molecule has 0 aliphatic carbocycles. The summed E-state index contributed by atoms with van der Waals surface area (Å²) in [4.78, 5) is 4.64. The third-order valence-electron chi connectivity index (χ3n) is 4.84. The summed E-state index contributed by atoms with van der Waals surface area (Å²) in [7, 11) is 0. The Morgan fingerprint density at radius 2 is 2.03 bits per heavy atom. The van der Waals surface area contributed by atoms with E-state index in [-0.39, 0.29) is 11.9 Å². The summed E-state index contributed by atoms with van der Waals surface area (Å²) in [6, 6.07) is 14.2. The lowest BCUT2D eigenvalue weighted by Crippen LogP contribution is -2.38. The second-order valence-corrected chi connectivity index (χ2v) is 7.39. The van der Waals surface area contributed by atoms with Crippen LogP contribution < -0.4 is 15.4 Å². The van der Waals surface area contributed by atoms with Crippen molar-refractivity contribution in [3.05, 3.63) is 65.5 Å². The molecule has 31 heavy (non-hydrogen) atoms. The first-order valence-corrected chi connectivity index (χ1v) is 10.9. The molecule has 1 atom stereocenters. The van der Waals surface area contributed by atoms with E-state index < -0.39 is 0 Å². The summed E-state index contributed by atoms with van der Waals surface area (Å²) >= 11 is 0. The molecule has 1 fully saturated rings. The van der Waals surface area contributed by atoms with Gasteiger partial charge in [-0.05, 0) is 55.2 Å². The van der Waals surface area contributed by atoms with Gasteiger partial charge in [-0.1, -0.05) is 24.3 Å². The molecule has 2 aromatic rings. The Labute approximate surface area is 183 Å². The standard InChI is InChI=1S/C24H32FN3O3/c1-2-26-24(27-12-4-13-30-23-11-14-29-18-23)28-16-19-7-9-22(10-8-19)31-17-20-5-3-6-21(25)15-20/h3,5-10,15,23H,2,4,11-14,16-18H2,1H3,(H2,26,27,28). The van der Waals surface area contributed by atoms with Crippen LogP contribution in [-0.4, -0.2) is 45.0 Å². The zero-order valence-electron chi connectivity index (χ0n) is 18.1. The number of hydrogen-bond acceptors (Lipinski definition) is 4. The van der Waals surface area contributed by atoms with Gasteiger partial charge in [0.15, 0.2) is 5.96 Å². The molecule has 2 aromatic carbocycles. The number of nitrogens with one attached hydrogen (secondary N) is 2. The summed E-state index contributed by atoms with van der Waals surface area (Å²) in [6.07, 6.45) is 2.16. The lowest BCUT2D eigenvalue weighted by Gasteiger charge is -2.13. The van der Waals surface area contributed by atoms with Crippen molar-refractivity contribution in [1.82, 2.24) is 10.6 Å². The van der Waals surface area contributed by atoms with E-state index in [1.807, 2.05) is 37.3 Å². The van der Waals surface area contributed by atoms with Gasteiger partial charge in [0.2, 0.25) is 0 Å². The maximum absolute atomic E-state index is 13.2. The van der Waals surface area contributed by atoms with Gasteiger partial charge < -0.3 is 24.8 Å². The minimum Gasteiger partial charge on any atom is -0.489 e. The highest BCUT2D eigenvalue weighted by molar-refractivity contribution is 5.79. The van der Waals surface area contributed by atoms with Crippen molar-refractivity contribution in [2.45, 2.75) is 39.0 Å². The molecule has 3 rings (SSSR count). The lowest BCUT2D eigenvalue weighted by atomic mass is 10.2. The molecule has 1 aliphatic rings. The Morgan fingerprint density at radius 1 is 1.16 bits per heavy atom. The molecule has 0 bridgehead atoms. The summed E-state index contributed by atoms with van der Waals surface area (Å²) in [5, 5.41) is 6.61. The molecular formula is C24H32FN3O3. The van der Waals surface area contributed by atoms with Crippen molar-refractivity contribution >= 4 is 5.96 Å². The molecule has 1 aliphatic heterocycles. The smallest absolute Gasteiger partial charge is 0.191 e. The van der Waals surface area contributed by atoms with Gasteiger partial charge in [0.05, 0.1) is 19.3 Å². The Hall–Kier alpha value is -2.64. The number of rotatable bonds is 11. The van der Waals surface area contributed by atoms with Crippen LogP contribution in [0.1, 0.15) is 30.9 Å². The predicted molar refractivity (Wildman–Crippen MR) is 120 cm³/mol. The van der Waals surface area contributed by atoms with E-state index in [1.54, 1.807) is 6.07 Å². The van der Waals surface area contributed by atoms with Crippen molar-refractivity contribution < 1.29 is 18.6 Å². The number of hydrogen-bond donors (Lipinski definition) is 2. The van der Waals surface area contributed by atoms with E-state index >= 15 is 0 Å². The highest BCUT2D eigenvalue weighted by Gasteiger charge is 2.15. The highest BCUT2D eigenvalue weighted by atomic mass is 19.1. The van der Waals surface area contributed by atoms with Crippen molar-refractivity contribution in [2.24, 2.45) is 4.99 Å². The van der Waals surface area contributed by atoms with Gasteiger partial charge in [-0.15, -0.1) is 0 Å². The Balaban J connectivity index is 1.39. The molecule has 1 unspecified atom stereocenters. The fourth-order valence-corrected chi connectivity index (χ4v) is 3.17. The molecule has 168 valence electrons. The lowest BCUT2D eigenvalue weighted by molar-refractivity contribution is 0.0420. The summed E-state index contributed by atoms with van der Waals surface area (Å²) in [6.45, 7) is 6.78. The van der Waals surface area contributed by atoms with Crippen LogP contribution in [0, 0.1) is 5.82 Å². The summed E-state index contributed by atoms with van der Waals surface area (Å²) in [5.74, 6) is 1.28. The molecule has 0 aromatic heterocycles. The molecule has 0 radical (unpaired) electrons. The molecular weight excluding hydrogens is 397 g/mol. The number of aliphatic imine (C=N–C) groups is 1. The quantitative estimate of drug-likeness (QED) is 0.324. The number of halogens is 1. The summed E-state index contributed by atoms with van der Waals surface area (Å²) in [5.41, 5.74) is 1.89. The number of nitrogens with zero attached hydrogens (tertiary/aromatic N) is 1. The zero-order valence-corrected chi connectivity index (χ0v) is 18.1. The van der Waals surface area contributed by atoms with E-state index in [4.69, 9.17) is 14.2 Å². The number of ether oxygens (including phenoxy) is 3. The maximum Gasteiger partial charge on any atom is 0.191 e. The monoisotopic (exact) mass is 429 g/mol. The van der Waals surface area contributed by atoms with Crippen LogP contribution in [0.5, 0.6) is 5.75 Å². The molecule has 0 amide bonds. The maximum atomic E-state index is 13.2. The van der Waals surface area contributed by atoms with Gasteiger partial charge in [-0.3, -0.25) is 0 Å². The molecule has 1 saturated heterocycles. The molecule has 0 spiro atoms. The number of guanidine groups is 1. The first-order chi connectivity index (χ1) is 15.2. The van der Waals surface area contributed by atoms with Crippen LogP contribution in [0.15, 0.2) is 53.5 Å². The molecule has 6 nitrogen and oxygen atoms in total. The molecule has 2 N–H and O–H groups in total. The van der Waals surface area contributed by atoms with Crippen molar-refractivity contribution in [3.63, 3.8) is 0 Å². The first-order valence-electron chi connectivity index (χ1n) is 10.9. The predicted octanol–water partition coefficient (Wildman–Crippen LogP) is 3.66. The van der Waals surface area contributed by atoms with E-state index in [0.717, 1.165) is 62.0 Å². The van der Waals surface area contributed by atoms with Gasteiger partial charge in [-0.25, -0.2) is 9.38 Å². The van der Waals surface area contributed by atoms with Gasteiger partial charge >= 0.3 is 0 Å². The van der Waals surface area contributed by atoms with Gasteiger partial charge in [0, 0.05) is 26.3 Å². The SMILES string of the molecule is CCNC(=NCc1ccc(OCc2cccc(F)c2)cc1)NCCCOC1CCOC1. The minimum absolute atomic E-state index is 0.253.